The molecule has 5 aromatic rings. The van der Waals surface area contributed by atoms with Crippen LogP contribution in [-0.2, 0) is 21.8 Å². The molecule has 2 aliphatic heterocycles. The van der Waals surface area contributed by atoms with Gasteiger partial charge in [0, 0.05) is 48.1 Å². The number of halogens is 2. The number of hydrogen-bond donors (Lipinski definition) is 0. The lowest BCUT2D eigenvalue weighted by molar-refractivity contribution is -0.190. The van der Waals surface area contributed by atoms with Gasteiger partial charge in [-0.25, -0.2) is 23.7 Å². The summed E-state index contributed by atoms with van der Waals surface area (Å²) in [5.41, 5.74) is 3.67. The molecule has 0 saturated carbocycles. The second kappa shape index (κ2) is 14.9. The highest BCUT2D eigenvalue weighted by molar-refractivity contribution is 6.35. The minimum absolute atomic E-state index is 0.0988. The summed E-state index contributed by atoms with van der Waals surface area (Å²) in [6, 6.07) is 21.7. The lowest BCUT2D eigenvalue weighted by Crippen LogP contribution is -2.46. The predicted molar refractivity (Wildman–Crippen MR) is 193 cm³/mol. The van der Waals surface area contributed by atoms with E-state index in [1.54, 1.807) is 38.7 Å². The van der Waals surface area contributed by atoms with Crippen LogP contribution >= 0.6 is 23.2 Å². The van der Waals surface area contributed by atoms with Crippen LogP contribution in [0, 0.1) is 0 Å². The highest BCUT2D eigenvalue weighted by Gasteiger charge is 2.45. The molecule has 0 unspecified atom stereocenters. The first-order valence-electron chi connectivity index (χ1n) is 16.9. The average Bonchev–Trinajstić information content (AvgIpc) is 3.90. The summed E-state index contributed by atoms with van der Waals surface area (Å²) in [5.74, 6) is -0.410. The van der Waals surface area contributed by atoms with Gasteiger partial charge >= 0.3 is 5.69 Å². The molecule has 2 aromatic heterocycles. The lowest BCUT2D eigenvalue weighted by atomic mass is 10.1. The molecule has 50 heavy (non-hydrogen) atoms. The van der Waals surface area contributed by atoms with Crippen LogP contribution in [0.4, 0.5) is 11.4 Å². The summed E-state index contributed by atoms with van der Waals surface area (Å²) in [7, 11) is 0. The van der Waals surface area contributed by atoms with Gasteiger partial charge in [-0.2, -0.15) is 10.2 Å². The number of nitrogens with zero attached hydrogens (tertiary/aromatic N) is 8. The molecule has 2 aliphatic rings. The first-order valence-corrected chi connectivity index (χ1v) is 17.7. The maximum atomic E-state index is 13.0. The molecule has 2 saturated heterocycles. The van der Waals surface area contributed by atoms with E-state index in [0.717, 1.165) is 61.8 Å². The van der Waals surface area contributed by atoms with Crippen molar-refractivity contribution in [2.24, 2.45) is 0 Å². The maximum Gasteiger partial charge on any atom is 0.350 e. The Kier molecular flexibility index (Phi) is 10.1. The largest absolute Gasteiger partial charge is 0.491 e. The zero-order valence-electron chi connectivity index (χ0n) is 28.1. The van der Waals surface area contributed by atoms with Crippen LogP contribution in [0.1, 0.15) is 38.3 Å². The minimum Gasteiger partial charge on any atom is -0.491 e. The number of aromatic nitrogens is 6. The Balaban J connectivity index is 0.924. The van der Waals surface area contributed by atoms with Crippen molar-refractivity contribution < 1.29 is 14.2 Å². The Morgan fingerprint density at radius 2 is 1.54 bits per heavy atom. The van der Waals surface area contributed by atoms with Gasteiger partial charge in [0.2, 0.25) is 5.79 Å². The van der Waals surface area contributed by atoms with Crippen molar-refractivity contribution in [2.45, 2.75) is 51.2 Å². The fourth-order valence-corrected chi connectivity index (χ4v) is 7.20. The number of benzene rings is 3. The summed E-state index contributed by atoms with van der Waals surface area (Å²) in [6.45, 7) is 8.59. The quantitative estimate of drug-likeness (QED) is 0.154. The summed E-state index contributed by atoms with van der Waals surface area (Å²) >= 11 is 12.7. The first-order chi connectivity index (χ1) is 24.4. The van der Waals surface area contributed by atoms with Crippen molar-refractivity contribution in [3.63, 3.8) is 0 Å². The average molecular weight is 720 g/mol. The molecule has 0 N–H and O–H groups in total. The fourth-order valence-electron chi connectivity index (χ4n) is 6.65. The van der Waals surface area contributed by atoms with Gasteiger partial charge in [0.15, 0.2) is 0 Å². The third-order valence-corrected chi connectivity index (χ3v) is 9.98. The number of hydrogen-bond acceptors (Lipinski definition) is 9. The molecule has 0 spiro atoms. The van der Waals surface area contributed by atoms with Gasteiger partial charge in [0.05, 0.1) is 23.4 Å². The van der Waals surface area contributed by atoms with E-state index in [0.29, 0.717) is 28.8 Å². The van der Waals surface area contributed by atoms with Crippen LogP contribution in [-0.4, -0.2) is 74.6 Å². The van der Waals surface area contributed by atoms with Gasteiger partial charge < -0.3 is 24.0 Å². The molecule has 4 heterocycles. The Bertz CT molecular complexity index is 1920. The Morgan fingerprint density at radius 1 is 0.880 bits per heavy atom. The predicted octanol–water partition coefficient (Wildman–Crippen LogP) is 5.97. The second-order valence-corrected chi connectivity index (χ2v) is 13.4. The molecule has 12 nitrogen and oxygen atoms in total. The van der Waals surface area contributed by atoms with E-state index in [4.69, 9.17) is 37.4 Å². The van der Waals surface area contributed by atoms with Gasteiger partial charge in [-0.05, 0) is 73.5 Å². The summed E-state index contributed by atoms with van der Waals surface area (Å²) in [5, 5.41) is 9.58. The van der Waals surface area contributed by atoms with Crippen LogP contribution in [0.25, 0.3) is 5.69 Å². The van der Waals surface area contributed by atoms with Gasteiger partial charge in [-0.15, -0.1) is 0 Å². The van der Waals surface area contributed by atoms with Crippen molar-refractivity contribution >= 4 is 34.6 Å². The van der Waals surface area contributed by atoms with Crippen LogP contribution in [0.5, 0.6) is 5.75 Å². The van der Waals surface area contributed by atoms with E-state index in [-0.39, 0.29) is 24.4 Å². The molecule has 0 aliphatic carbocycles. The molecular formula is C36H40Cl2N8O4. The molecule has 0 bridgehead atoms. The van der Waals surface area contributed by atoms with Crippen molar-refractivity contribution in [3.8, 4) is 11.4 Å². The third kappa shape index (κ3) is 7.11. The van der Waals surface area contributed by atoms with Crippen molar-refractivity contribution in [2.75, 3.05) is 49.2 Å². The van der Waals surface area contributed by atoms with E-state index >= 15 is 0 Å². The number of rotatable bonds is 12. The van der Waals surface area contributed by atoms with E-state index < -0.39 is 5.79 Å². The van der Waals surface area contributed by atoms with Crippen LogP contribution in [0.15, 0.2) is 90.5 Å². The van der Waals surface area contributed by atoms with Crippen molar-refractivity contribution in [1.82, 2.24) is 29.1 Å². The van der Waals surface area contributed by atoms with E-state index in [1.807, 2.05) is 30.3 Å². The maximum absolute atomic E-state index is 13.0. The van der Waals surface area contributed by atoms with Crippen LogP contribution in [0.2, 0.25) is 10.0 Å². The van der Waals surface area contributed by atoms with E-state index in [2.05, 4.69) is 63.1 Å². The number of ether oxygens (including phenoxy) is 3. The standard InChI is InChI=1S/C36H40Cl2N8O4/c1-3-27(4-2)46-35(47)45(25-41-46)30-8-6-28(7-9-30)42-15-17-43(18-16-42)29-10-12-31(13-11-29)48-20-32-21-49-36(50-32,22-44-24-39-23-40-44)33-14-5-26(37)19-34(33)38/h5-14,19,23-25,27,32H,3-4,15-18,20-22H2,1-2H3/t32-,36-/m1/s1. The monoisotopic (exact) mass is 718 g/mol. The third-order valence-electron chi connectivity index (χ3n) is 9.43. The summed E-state index contributed by atoms with van der Waals surface area (Å²) in [6.07, 6.45) is 6.11. The molecule has 2 atom stereocenters. The van der Waals surface area contributed by atoms with Crippen LogP contribution < -0.4 is 20.2 Å². The topological polar surface area (TPSA) is 105 Å². The number of piperazine rings is 1. The SMILES string of the molecule is CCC(CC)n1ncn(-c2ccc(N3CCN(c4ccc(OC[C@@H]5CO[C@@](Cn6cncn6)(c6ccc(Cl)cc6Cl)O5)cc4)CC3)cc2)c1=O. The van der Waals surface area contributed by atoms with Crippen molar-refractivity contribution in [3.05, 3.63) is 112 Å². The highest BCUT2D eigenvalue weighted by atomic mass is 35.5. The fraction of sp³-hybridized carbons (Fsp3) is 0.389. The van der Waals surface area contributed by atoms with Gasteiger partial charge in [0.1, 0.15) is 44.0 Å². The summed E-state index contributed by atoms with van der Waals surface area (Å²) in [4.78, 5) is 21.8. The van der Waals surface area contributed by atoms with Gasteiger partial charge in [-0.3, -0.25) is 0 Å². The molecule has 0 amide bonds. The molecule has 0 radical (unpaired) electrons. The second-order valence-electron chi connectivity index (χ2n) is 12.5. The van der Waals surface area contributed by atoms with E-state index in [9.17, 15) is 4.79 Å². The molecular weight excluding hydrogens is 679 g/mol. The lowest BCUT2D eigenvalue weighted by Gasteiger charge is -2.37. The Hall–Kier alpha value is -4.36. The summed E-state index contributed by atoms with van der Waals surface area (Å²) < 4.78 is 23.7. The molecule has 7 rings (SSSR count). The Morgan fingerprint density at radius 3 is 2.16 bits per heavy atom. The zero-order chi connectivity index (χ0) is 34.7. The van der Waals surface area contributed by atoms with Crippen LogP contribution in [0.3, 0.4) is 0 Å². The van der Waals surface area contributed by atoms with E-state index in [1.165, 1.54) is 6.33 Å². The first kappa shape index (κ1) is 34.1. The smallest absolute Gasteiger partial charge is 0.350 e. The minimum atomic E-state index is -1.16. The normalized spacial score (nSPS) is 19.4. The number of anilines is 2. The Labute approximate surface area is 300 Å². The molecule has 2 fully saturated rings. The van der Waals surface area contributed by atoms with Crippen molar-refractivity contribution in [1.29, 1.82) is 0 Å². The molecule has 14 heteroatoms. The zero-order valence-corrected chi connectivity index (χ0v) is 29.6. The van der Waals surface area contributed by atoms with Gasteiger partial charge in [-0.1, -0.05) is 43.1 Å². The molecule has 262 valence electrons. The molecule has 3 aromatic carbocycles. The van der Waals surface area contributed by atoms with Gasteiger partial charge in [0.25, 0.3) is 0 Å². The highest BCUT2D eigenvalue weighted by Crippen LogP contribution is 2.40.